The molecular weight excluding hydrogens is 216 g/mol. The highest BCUT2D eigenvalue weighted by Gasteiger charge is 2.20. The highest BCUT2D eigenvalue weighted by molar-refractivity contribution is 5.42. The highest BCUT2D eigenvalue weighted by Crippen LogP contribution is 2.33. The summed E-state index contributed by atoms with van der Waals surface area (Å²) in [5, 5.41) is 0. The molecule has 1 aromatic carbocycles. The summed E-state index contributed by atoms with van der Waals surface area (Å²) in [4.78, 5) is 0. The second kappa shape index (κ2) is 6.47. The molecule has 4 heteroatoms. The fourth-order valence-corrected chi connectivity index (χ4v) is 1.95. The molecule has 0 bridgehead atoms. The van der Waals surface area contributed by atoms with Crippen molar-refractivity contribution in [3.63, 3.8) is 0 Å². The van der Waals surface area contributed by atoms with Gasteiger partial charge in [-0.15, -0.1) is 0 Å². The molecule has 0 heterocycles. The topological polar surface area (TPSA) is 70.5 Å². The molecule has 0 radical (unpaired) electrons. The van der Waals surface area contributed by atoms with Crippen LogP contribution < -0.4 is 20.9 Å². The monoisotopic (exact) mass is 238 g/mol. The minimum Gasteiger partial charge on any atom is -0.497 e. The molecule has 1 atom stereocenters. The Balaban J connectivity index is 3.08. The minimum absolute atomic E-state index is 0.245. The molecule has 0 saturated carbocycles. The van der Waals surface area contributed by atoms with Crippen molar-refractivity contribution in [2.45, 2.75) is 12.8 Å². The lowest BCUT2D eigenvalue weighted by atomic mass is 9.87. The molecule has 17 heavy (non-hydrogen) atoms. The summed E-state index contributed by atoms with van der Waals surface area (Å²) in [5.41, 5.74) is 12.6. The van der Waals surface area contributed by atoms with Crippen LogP contribution in [0.1, 0.15) is 18.4 Å². The van der Waals surface area contributed by atoms with E-state index in [-0.39, 0.29) is 11.8 Å². The van der Waals surface area contributed by atoms with Crippen LogP contribution in [0.15, 0.2) is 18.2 Å². The molecule has 0 aliphatic rings. The van der Waals surface area contributed by atoms with Gasteiger partial charge in [0.15, 0.2) is 0 Å². The van der Waals surface area contributed by atoms with Gasteiger partial charge in [0.2, 0.25) is 0 Å². The van der Waals surface area contributed by atoms with Gasteiger partial charge in [-0.3, -0.25) is 0 Å². The summed E-state index contributed by atoms with van der Waals surface area (Å²) in [5.74, 6) is 2.16. The minimum atomic E-state index is 0.245. The smallest absolute Gasteiger partial charge is 0.122 e. The van der Waals surface area contributed by atoms with E-state index < -0.39 is 0 Å². The third-order valence-corrected chi connectivity index (χ3v) is 3.24. The Kier molecular flexibility index (Phi) is 5.25. The number of rotatable bonds is 6. The summed E-state index contributed by atoms with van der Waals surface area (Å²) in [6, 6.07) is 5.78. The largest absolute Gasteiger partial charge is 0.497 e. The Morgan fingerprint density at radius 1 is 1.12 bits per heavy atom. The number of methoxy groups -OCH3 is 2. The van der Waals surface area contributed by atoms with E-state index in [1.807, 2.05) is 18.2 Å². The zero-order valence-corrected chi connectivity index (χ0v) is 10.8. The van der Waals surface area contributed by atoms with Crippen molar-refractivity contribution in [2.24, 2.45) is 17.4 Å². The van der Waals surface area contributed by atoms with E-state index in [4.69, 9.17) is 20.9 Å². The van der Waals surface area contributed by atoms with Crippen molar-refractivity contribution in [3.8, 4) is 11.5 Å². The van der Waals surface area contributed by atoms with Gasteiger partial charge < -0.3 is 20.9 Å². The van der Waals surface area contributed by atoms with Gasteiger partial charge in [0.25, 0.3) is 0 Å². The third-order valence-electron chi connectivity index (χ3n) is 3.24. The van der Waals surface area contributed by atoms with Crippen LogP contribution in [0.4, 0.5) is 0 Å². The van der Waals surface area contributed by atoms with E-state index >= 15 is 0 Å². The van der Waals surface area contributed by atoms with Gasteiger partial charge in [-0.25, -0.2) is 0 Å². The van der Waals surface area contributed by atoms with E-state index in [0.29, 0.717) is 13.1 Å². The van der Waals surface area contributed by atoms with Gasteiger partial charge in [0.05, 0.1) is 14.2 Å². The van der Waals surface area contributed by atoms with Crippen LogP contribution in [-0.4, -0.2) is 27.3 Å². The van der Waals surface area contributed by atoms with Gasteiger partial charge in [0, 0.05) is 5.56 Å². The Morgan fingerprint density at radius 3 is 2.24 bits per heavy atom. The standard InChI is InChI=1S/C13H22N2O2/c1-9(10(7-14)8-15)12-6-11(16-2)4-5-13(12)17-3/h4-6,9-10H,7-8,14-15H2,1-3H3. The molecule has 0 aliphatic heterocycles. The van der Waals surface area contributed by atoms with Gasteiger partial charge in [-0.1, -0.05) is 6.92 Å². The lowest BCUT2D eigenvalue weighted by Crippen LogP contribution is -2.28. The third kappa shape index (κ3) is 3.11. The molecule has 0 saturated heterocycles. The van der Waals surface area contributed by atoms with E-state index in [2.05, 4.69) is 6.92 Å². The van der Waals surface area contributed by atoms with E-state index in [1.54, 1.807) is 14.2 Å². The predicted octanol–water partition coefficient (Wildman–Crippen LogP) is 1.34. The van der Waals surface area contributed by atoms with Gasteiger partial charge >= 0.3 is 0 Å². The molecule has 4 N–H and O–H groups in total. The first kappa shape index (κ1) is 13.8. The Bertz CT molecular complexity index is 351. The van der Waals surface area contributed by atoms with Gasteiger partial charge in [0.1, 0.15) is 11.5 Å². The number of hydrogen-bond donors (Lipinski definition) is 2. The van der Waals surface area contributed by atoms with E-state index in [1.165, 1.54) is 0 Å². The first-order valence-electron chi connectivity index (χ1n) is 5.80. The van der Waals surface area contributed by atoms with E-state index in [0.717, 1.165) is 17.1 Å². The van der Waals surface area contributed by atoms with Crippen molar-refractivity contribution < 1.29 is 9.47 Å². The molecule has 0 aliphatic carbocycles. The first-order valence-corrected chi connectivity index (χ1v) is 5.80. The van der Waals surface area contributed by atoms with Crippen LogP contribution >= 0.6 is 0 Å². The van der Waals surface area contributed by atoms with Crippen molar-refractivity contribution in [3.05, 3.63) is 23.8 Å². The lowest BCUT2D eigenvalue weighted by Gasteiger charge is -2.23. The van der Waals surface area contributed by atoms with Crippen LogP contribution in [0.3, 0.4) is 0 Å². The number of benzene rings is 1. The summed E-state index contributed by atoms with van der Waals surface area (Å²) in [6.45, 7) is 3.25. The quantitative estimate of drug-likeness (QED) is 0.784. The molecule has 0 spiro atoms. The maximum absolute atomic E-state index is 5.73. The summed E-state index contributed by atoms with van der Waals surface area (Å²) < 4.78 is 10.6. The van der Waals surface area contributed by atoms with Crippen molar-refractivity contribution >= 4 is 0 Å². The summed E-state index contributed by atoms with van der Waals surface area (Å²) in [7, 11) is 3.32. The molecule has 1 aromatic rings. The van der Waals surface area contributed by atoms with Crippen LogP contribution in [0.2, 0.25) is 0 Å². The SMILES string of the molecule is COc1ccc(OC)c(C(C)C(CN)CN)c1. The fraction of sp³-hybridized carbons (Fsp3) is 0.538. The normalized spacial score (nSPS) is 12.6. The molecule has 1 unspecified atom stereocenters. The van der Waals surface area contributed by atoms with Gasteiger partial charge in [-0.2, -0.15) is 0 Å². The fourth-order valence-electron chi connectivity index (χ4n) is 1.95. The Hall–Kier alpha value is -1.26. The van der Waals surface area contributed by atoms with Crippen molar-refractivity contribution in [1.29, 1.82) is 0 Å². The second-order valence-corrected chi connectivity index (χ2v) is 4.13. The van der Waals surface area contributed by atoms with Crippen LogP contribution in [0.25, 0.3) is 0 Å². The number of nitrogens with two attached hydrogens (primary N) is 2. The number of ether oxygens (including phenoxy) is 2. The van der Waals surface area contributed by atoms with Crippen LogP contribution in [-0.2, 0) is 0 Å². The zero-order chi connectivity index (χ0) is 12.8. The first-order chi connectivity index (χ1) is 8.17. The molecule has 0 aromatic heterocycles. The van der Waals surface area contributed by atoms with E-state index in [9.17, 15) is 0 Å². The molecule has 4 nitrogen and oxygen atoms in total. The van der Waals surface area contributed by atoms with Crippen molar-refractivity contribution in [2.75, 3.05) is 27.3 Å². The average Bonchev–Trinajstić information content (AvgIpc) is 2.39. The highest BCUT2D eigenvalue weighted by atomic mass is 16.5. The molecular formula is C13H22N2O2. The Labute approximate surface area is 103 Å². The summed E-state index contributed by atoms with van der Waals surface area (Å²) >= 11 is 0. The molecule has 96 valence electrons. The summed E-state index contributed by atoms with van der Waals surface area (Å²) in [6.07, 6.45) is 0. The molecule has 1 rings (SSSR count). The maximum atomic E-state index is 5.73. The Morgan fingerprint density at radius 2 is 1.76 bits per heavy atom. The second-order valence-electron chi connectivity index (χ2n) is 4.13. The van der Waals surface area contributed by atoms with Gasteiger partial charge in [-0.05, 0) is 43.1 Å². The van der Waals surface area contributed by atoms with Crippen LogP contribution in [0, 0.1) is 5.92 Å². The average molecular weight is 238 g/mol. The molecule has 0 fully saturated rings. The number of hydrogen-bond acceptors (Lipinski definition) is 4. The predicted molar refractivity (Wildman–Crippen MR) is 69.6 cm³/mol. The zero-order valence-electron chi connectivity index (χ0n) is 10.8. The molecule has 0 amide bonds. The lowest BCUT2D eigenvalue weighted by molar-refractivity contribution is 0.383. The maximum Gasteiger partial charge on any atom is 0.122 e. The van der Waals surface area contributed by atoms with Crippen molar-refractivity contribution in [1.82, 2.24) is 0 Å². The van der Waals surface area contributed by atoms with Crippen LogP contribution in [0.5, 0.6) is 11.5 Å².